The molecule has 80 valence electrons. The highest BCUT2D eigenvalue weighted by Crippen LogP contribution is 2.02. The van der Waals surface area contributed by atoms with Crippen LogP contribution in [-0.4, -0.2) is 34.2 Å². The van der Waals surface area contributed by atoms with E-state index in [9.17, 15) is 4.79 Å². The number of hydrogen-bond acceptors (Lipinski definition) is 2. The number of amides is 1. The molecule has 0 N–H and O–H groups in total. The van der Waals surface area contributed by atoms with Crippen LogP contribution in [0.5, 0.6) is 0 Å². The molecule has 0 saturated carbocycles. The van der Waals surface area contributed by atoms with Gasteiger partial charge in [-0.25, -0.2) is 0 Å². The van der Waals surface area contributed by atoms with E-state index in [-0.39, 0.29) is 12.5 Å². The number of nitrogens with zero attached hydrogens (tertiary/aromatic N) is 3. The number of rotatable bonds is 3. The van der Waals surface area contributed by atoms with Crippen LogP contribution in [-0.2, 0) is 11.3 Å². The third kappa shape index (κ3) is 2.84. The van der Waals surface area contributed by atoms with E-state index < -0.39 is 0 Å². The van der Waals surface area contributed by atoms with Crippen molar-refractivity contribution >= 4 is 5.91 Å². The maximum absolute atomic E-state index is 11.6. The molecule has 1 heterocycles. The third-order valence-corrected chi connectivity index (χ3v) is 2.14. The molecule has 15 heavy (non-hydrogen) atoms. The summed E-state index contributed by atoms with van der Waals surface area (Å²) in [4.78, 5) is 13.1. The summed E-state index contributed by atoms with van der Waals surface area (Å²) in [6, 6.07) is 1.94. The zero-order valence-electron chi connectivity index (χ0n) is 9.32. The molecule has 4 nitrogen and oxygen atoms in total. The van der Waals surface area contributed by atoms with Crippen molar-refractivity contribution in [2.75, 3.05) is 13.6 Å². The van der Waals surface area contributed by atoms with Gasteiger partial charge in [-0.3, -0.25) is 9.48 Å². The molecule has 0 aliphatic heterocycles. The first kappa shape index (κ1) is 11.3. The Hall–Kier alpha value is -1.76. The standard InChI is InChI=1S/C11H15N3O/c1-5-6-13(4)11(15)8-14-10(3)7-9(2)12-14/h1,7H,6,8H2,2-4H3. The first-order chi connectivity index (χ1) is 7.04. The van der Waals surface area contributed by atoms with Gasteiger partial charge in [0.15, 0.2) is 0 Å². The minimum Gasteiger partial charge on any atom is -0.333 e. The molecule has 0 unspecified atom stereocenters. The molecule has 0 fully saturated rings. The topological polar surface area (TPSA) is 38.1 Å². The Labute approximate surface area is 89.9 Å². The Kier molecular flexibility index (Phi) is 3.51. The second-order valence-corrected chi connectivity index (χ2v) is 3.54. The molecule has 1 aromatic rings. The molecule has 1 amide bonds. The van der Waals surface area contributed by atoms with E-state index in [4.69, 9.17) is 6.42 Å². The number of aromatic nitrogens is 2. The van der Waals surface area contributed by atoms with Gasteiger partial charge in [-0.1, -0.05) is 5.92 Å². The third-order valence-electron chi connectivity index (χ3n) is 2.14. The Morgan fingerprint density at radius 1 is 1.67 bits per heavy atom. The highest BCUT2D eigenvalue weighted by Gasteiger charge is 2.10. The normalized spacial score (nSPS) is 9.73. The van der Waals surface area contributed by atoms with Crippen LogP contribution >= 0.6 is 0 Å². The summed E-state index contributed by atoms with van der Waals surface area (Å²) in [5, 5.41) is 4.21. The summed E-state index contributed by atoms with van der Waals surface area (Å²) in [6.07, 6.45) is 5.13. The van der Waals surface area contributed by atoms with Gasteiger partial charge in [0, 0.05) is 12.7 Å². The lowest BCUT2D eigenvalue weighted by molar-refractivity contribution is -0.130. The fraction of sp³-hybridized carbons (Fsp3) is 0.455. The van der Waals surface area contributed by atoms with Gasteiger partial charge in [-0.05, 0) is 19.9 Å². The van der Waals surface area contributed by atoms with Crippen molar-refractivity contribution in [1.29, 1.82) is 0 Å². The zero-order valence-corrected chi connectivity index (χ0v) is 9.32. The van der Waals surface area contributed by atoms with Gasteiger partial charge < -0.3 is 4.90 Å². The van der Waals surface area contributed by atoms with Gasteiger partial charge in [-0.2, -0.15) is 5.10 Å². The maximum Gasteiger partial charge on any atom is 0.244 e. The van der Waals surface area contributed by atoms with E-state index in [0.717, 1.165) is 11.4 Å². The summed E-state index contributed by atoms with van der Waals surface area (Å²) in [5.74, 6) is 2.40. The van der Waals surface area contributed by atoms with Crippen LogP contribution in [0.3, 0.4) is 0 Å². The molecular weight excluding hydrogens is 190 g/mol. The van der Waals surface area contributed by atoms with Gasteiger partial charge in [0.2, 0.25) is 5.91 Å². The van der Waals surface area contributed by atoms with Crippen molar-refractivity contribution in [2.45, 2.75) is 20.4 Å². The molecule has 0 saturated heterocycles. The average Bonchev–Trinajstić information content (AvgIpc) is 2.45. The average molecular weight is 205 g/mol. The van der Waals surface area contributed by atoms with Gasteiger partial charge >= 0.3 is 0 Å². The van der Waals surface area contributed by atoms with E-state index >= 15 is 0 Å². The highest BCUT2D eigenvalue weighted by atomic mass is 16.2. The highest BCUT2D eigenvalue weighted by molar-refractivity contribution is 5.75. The largest absolute Gasteiger partial charge is 0.333 e. The molecule has 0 aliphatic carbocycles. The maximum atomic E-state index is 11.6. The number of aryl methyl sites for hydroxylation is 2. The lowest BCUT2D eigenvalue weighted by atomic mass is 10.4. The number of carbonyl (C=O) groups excluding carboxylic acids is 1. The van der Waals surface area contributed by atoms with E-state index in [0.29, 0.717) is 6.54 Å². The van der Waals surface area contributed by atoms with Crippen LogP contribution in [0.2, 0.25) is 0 Å². The van der Waals surface area contributed by atoms with Crippen LogP contribution in [0.4, 0.5) is 0 Å². The van der Waals surface area contributed by atoms with E-state index in [1.807, 2.05) is 19.9 Å². The summed E-state index contributed by atoms with van der Waals surface area (Å²) >= 11 is 0. The SMILES string of the molecule is C#CCN(C)C(=O)Cn1nc(C)cc1C. The number of likely N-dealkylation sites (N-methyl/N-ethyl adjacent to an activating group) is 1. The predicted molar refractivity (Wildman–Crippen MR) is 58.2 cm³/mol. The van der Waals surface area contributed by atoms with Gasteiger partial charge in [0.1, 0.15) is 6.54 Å². The lowest BCUT2D eigenvalue weighted by Gasteiger charge is -2.14. The van der Waals surface area contributed by atoms with Crippen molar-refractivity contribution in [3.63, 3.8) is 0 Å². The quantitative estimate of drug-likeness (QED) is 0.677. The number of carbonyl (C=O) groups is 1. The molecule has 0 aliphatic rings. The summed E-state index contributed by atoms with van der Waals surface area (Å²) < 4.78 is 1.69. The molecule has 4 heteroatoms. The number of terminal acetylenes is 1. The lowest BCUT2D eigenvalue weighted by Crippen LogP contribution is -2.31. The minimum absolute atomic E-state index is 0.0286. The van der Waals surface area contributed by atoms with Crippen molar-refractivity contribution in [3.05, 3.63) is 17.5 Å². The smallest absolute Gasteiger partial charge is 0.244 e. The Bertz CT molecular complexity index is 400. The van der Waals surface area contributed by atoms with E-state index in [1.165, 1.54) is 4.90 Å². The van der Waals surface area contributed by atoms with Crippen LogP contribution in [0.25, 0.3) is 0 Å². The Morgan fingerprint density at radius 3 is 2.80 bits per heavy atom. The molecule has 0 spiro atoms. The first-order valence-corrected chi connectivity index (χ1v) is 4.73. The van der Waals surface area contributed by atoms with Crippen molar-refractivity contribution < 1.29 is 4.79 Å². The van der Waals surface area contributed by atoms with Gasteiger partial charge in [-0.15, -0.1) is 6.42 Å². The van der Waals surface area contributed by atoms with Crippen LogP contribution in [0, 0.1) is 26.2 Å². The molecule has 1 rings (SSSR count). The van der Waals surface area contributed by atoms with Crippen LogP contribution in [0.1, 0.15) is 11.4 Å². The molecule has 1 aromatic heterocycles. The Morgan fingerprint density at radius 2 is 2.33 bits per heavy atom. The summed E-state index contributed by atoms with van der Waals surface area (Å²) in [6.45, 7) is 4.41. The second-order valence-electron chi connectivity index (χ2n) is 3.54. The molecular formula is C11H15N3O. The predicted octanol–water partition coefficient (Wildman–Crippen LogP) is 0.592. The molecule has 0 atom stereocenters. The first-order valence-electron chi connectivity index (χ1n) is 4.73. The van der Waals surface area contributed by atoms with Crippen molar-refractivity contribution in [3.8, 4) is 12.3 Å². The minimum atomic E-state index is -0.0286. The second kappa shape index (κ2) is 4.65. The molecule has 0 bridgehead atoms. The van der Waals surface area contributed by atoms with Crippen LogP contribution in [0.15, 0.2) is 6.07 Å². The van der Waals surface area contributed by atoms with Crippen molar-refractivity contribution in [2.24, 2.45) is 0 Å². The zero-order chi connectivity index (χ0) is 11.4. The van der Waals surface area contributed by atoms with Gasteiger partial charge in [0.25, 0.3) is 0 Å². The molecule has 0 radical (unpaired) electrons. The van der Waals surface area contributed by atoms with Crippen molar-refractivity contribution in [1.82, 2.24) is 14.7 Å². The monoisotopic (exact) mass is 205 g/mol. The van der Waals surface area contributed by atoms with Gasteiger partial charge in [0.05, 0.1) is 12.2 Å². The Balaban J connectivity index is 2.67. The number of hydrogen-bond donors (Lipinski definition) is 0. The van der Waals surface area contributed by atoms with E-state index in [1.54, 1.807) is 11.7 Å². The fourth-order valence-electron chi connectivity index (χ4n) is 1.31. The molecule has 0 aromatic carbocycles. The fourth-order valence-corrected chi connectivity index (χ4v) is 1.31. The van der Waals surface area contributed by atoms with Crippen LogP contribution < -0.4 is 0 Å². The summed E-state index contributed by atoms with van der Waals surface area (Å²) in [5.41, 5.74) is 1.90. The van der Waals surface area contributed by atoms with E-state index in [2.05, 4.69) is 11.0 Å². The summed E-state index contributed by atoms with van der Waals surface area (Å²) in [7, 11) is 1.69.